The van der Waals surface area contributed by atoms with Gasteiger partial charge in [0.15, 0.2) is 6.54 Å². The van der Waals surface area contributed by atoms with Crippen LogP contribution < -0.4 is 16.5 Å². The third-order valence-electron chi connectivity index (χ3n) is 5.92. The lowest BCUT2D eigenvalue weighted by molar-refractivity contribution is -0.485. The van der Waals surface area contributed by atoms with E-state index in [0.29, 0.717) is 10.9 Å². The highest BCUT2D eigenvalue weighted by atomic mass is 32.2. The fourth-order valence-electron chi connectivity index (χ4n) is 4.03. The molecule has 0 N–H and O–H groups in total. The molecule has 0 aromatic carbocycles. The molecular weight excluding hydrogens is 416 g/mol. The van der Waals surface area contributed by atoms with Crippen LogP contribution in [0.5, 0.6) is 0 Å². The van der Waals surface area contributed by atoms with Crippen molar-refractivity contribution in [3.8, 4) is 0 Å². The van der Waals surface area contributed by atoms with E-state index in [0.717, 1.165) is 50.5 Å². The summed E-state index contributed by atoms with van der Waals surface area (Å²) in [4.78, 5) is 17.4. The Morgan fingerprint density at radius 3 is 2.53 bits per heavy atom. The van der Waals surface area contributed by atoms with Gasteiger partial charge in [0.1, 0.15) is 12.4 Å². The van der Waals surface area contributed by atoms with Crippen LogP contribution in [-0.4, -0.2) is 82.8 Å². The topological polar surface area (TPSA) is 44.6 Å². The first-order chi connectivity index (χ1) is 14.5. The molecule has 0 amide bonds. The number of thioether (sulfide) groups is 2. The monoisotopic (exact) mass is 447 g/mol. The van der Waals surface area contributed by atoms with Crippen LogP contribution in [0.15, 0.2) is 32.5 Å². The maximum Gasteiger partial charge on any atom is 0.361 e. The molecule has 0 radical (unpaired) electrons. The van der Waals surface area contributed by atoms with Crippen LogP contribution in [0.1, 0.15) is 18.9 Å². The molecule has 0 atom stereocenters. The molecule has 0 bridgehead atoms. The quantitative estimate of drug-likeness (QED) is 0.645. The first-order valence-corrected chi connectivity index (χ1v) is 12.5. The lowest BCUT2D eigenvalue weighted by Crippen LogP contribution is -2.40. The number of rotatable bonds is 4. The van der Waals surface area contributed by atoms with E-state index in [1.807, 2.05) is 41.8 Å². The first-order valence-electron chi connectivity index (χ1n) is 10.6. The molecule has 0 spiro atoms. The Morgan fingerprint density at radius 1 is 1.07 bits per heavy atom. The summed E-state index contributed by atoms with van der Waals surface area (Å²) in [5, 5.41) is 3.11. The summed E-state index contributed by atoms with van der Waals surface area (Å²) in [5.74, 6) is 2.22. The summed E-state index contributed by atoms with van der Waals surface area (Å²) in [5.41, 5.74) is 0.394. The standard InChI is InChI=1S/C22H31N4O2S2/c1-23-11-9-17(10-12-23)26-18(7-8-21-25(3)14-16-30-21)22(27)28-19(26)5-4-6-20-24(2)13-15-29-20/h4-8,17H,9-16H2,1-3H3/q+1. The number of aromatic nitrogens is 1. The normalized spacial score (nSPS) is 24.5. The summed E-state index contributed by atoms with van der Waals surface area (Å²) in [6.45, 7) is 4.19. The maximum atomic E-state index is 12.8. The summed E-state index contributed by atoms with van der Waals surface area (Å²) in [6, 6.07) is 0.280. The number of piperidine rings is 1. The lowest BCUT2D eigenvalue weighted by atomic mass is 10.1. The molecular formula is C22H31N4O2S2+. The van der Waals surface area contributed by atoms with Gasteiger partial charge < -0.3 is 18.8 Å². The highest BCUT2D eigenvalue weighted by Gasteiger charge is 2.22. The van der Waals surface area contributed by atoms with Crippen LogP contribution in [-0.2, 0) is 0 Å². The Hall–Kier alpha value is -1.64. The number of hydrogen-bond acceptors (Lipinski definition) is 6. The fraction of sp³-hybridized carbons (Fsp3) is 0.545. The van der Waals surface area contributed by atoms with E-state index in [9.17, 15) is 4.79 Å². The summed E-state index contributed by atoms with van der Waals surface area (Å²) in [7, 11) is 6.36. The molecule has 0 saturated carbocycles. The Bertz CT molecular complexity index is 1040. The van der Waals surface area contributed by atoms with Crippen LogP contribution >= 0.6 is 23.5 Å². The second-order valence-electron chi connectivity index (χ2n) is 8.09. The number of nitrogens with zero attached hydrogens (tertiary/aromatic N) is 4. The zero-order chi connectivity index (χ0) is 21.1. The Morgan fingerprint density at radius 2 is 1.87 bits per heavy atom. The molecule has 1 aromatic rings. The van der Waals surface area contributed by atoms with Gasteiger partial charge in [-0.25, -0.2) is 9.37 Å². The van der Waals surface area contributed by atoms with Crippen molar-refractivity contribution in [2.24, 2.45) is 0 Å². The number of allylic oxidation sites excluding steroid dienone is 2. The van der Waals surface area contributed by atoms with Crippen LogP contribution in [0, 0.1) is 0 Å². The van der Waals surface area contributed by atoms with E-state index < -0.39 is 0 Å². The van der Waals surface area contributed by atoms with Gasteiger partial charge >= 0.3 is 5.63 Å². The Labute approximate surface area is 186 Å². The van der Waals surface area contributed by atoms with Gasteiger partial charge in [-0.1, -0.05) is 11.8 Å². The van der Waals surface area contributed by atoms with Gasteiger partial charge in [0, 0.05) is 31.5 Å². The third-order valence-corrected chi connectivity index (χ3v) is 8.18. The molecule has 4 heterocycles. The molecule has 4 rings (SSSR count). The molecule has 162 valence electrons. The van der Waals surface area contributed by atoms with Crippen molar-refractivity contribution in [1.82, 2.24) is 14.4 Å². The maximum absolute atomic E-state index is 12.8. The molecule has 2 saturated heterocycles. The number of hydrogen-bond donors (Lipinski definition) is 0. The molecule has 2 fully saturated rings. The SMILES string of the molecule is CN1CCC(n2c(=CC=CC3=[N+](C)CCS3)oc(=O)c2=CC=C2SCCN2C)CC1. The van der Waals surface area contributed by atoms with E-state index in [-0.39, 0.29) is 11.7 Å². The number of likely N-dealkylation sites (tertiary alicyclic amines) is 1. The van der Waals surface area contributed by atoms with E-state index >= 15 is 0 Å². The van der Waals surface area contributed by atoms with Gasteiger partial charge in [0.2, 0.25) is 10.6 Å². The molecule has 0 unspecified atom stereocenters. The molecule has 1 aromatic heterocycles. The average molecular weight is 448 g/mol. The van der Waals surface area contributed by atoms with Crippen molar-refractivity contribution in [2.45, 2.75) is 18.9 Å². The second-order valence-corrected chi connectivity index (χ2v) is 10.3. The van der Waals surface area contributed by atoms with Crippen LogP contribution in [0.3, 0.4) is 0 Å². The largest absolute Gasteiger partial charge is 0.405 e. The smallest absolute Gasteiger partial charge is 0.361 e. The van der Waals surface area contributed by atoms with Gasteiger partial charge in [-0.3, -0.25) is 0 Å². The van der Waals surface area contributed by atoms with Crippen molar-refractivity contribution in [2.75, 3.05) is 58.8 Å². The molecule has 6 nitrogen and oxygen atoms in total. The van der Waals surface area contributed by atoms with Gasteiger partial charge in [0.25, 0.3) is 0 Å². The summed E-state index contributed by atoms with van der Waals surface area (Å²) < 4.78 is 10.1. The van der Waals surface area contributed by atoms with Crippen LogP contribution in [0.4, 0.5) is 0 Å². The highest BCUT2D eigenvalue weighted by molar-refractivity contribution is 8.14. The average Bonchev–Trinajstić information content (AvgIpc) is 3.41. The van der Waals surface area contributed by atoms with Crippen LogP contribution in [0.2, 0.25) is 0 Å². The predicted molar refractivity (Wildman–Crippen MR) is 128 cm³/mol. The van der Waals surface area contributed by atoms with Crippen molar-refractivity contribution < 1.29 is 8.99 Å². The molecule has 3 aliphatic heterocycles. The minimum absolute atomic E-state index is 0.254. The molecule has 0 aliphatic carbocycles. The van der Waals surface area contributed by atoms with E-state index in [2.05, 4.69) is 52.2 Å². The van der Waals surface area contributed by atoms with Gasteiger partial charge in [-0.15, -0.1) is 11.8 Å². The summed E-state index contributed by atoms with van der Waals surface area (Å²) >= 11 is 3.69. The lowest BCUT2D eigenvalue weighted by Gasteiger charge is -2.29. The summed E-state index contributed by atoms with van der Waals surface area (Å²) in [6.07, 6.45) is 12.1. The first kappa shape index (κ1) is 21.6. The van der Waals surface area contributed by atoms with Crippen molar-refractivity contribution in [3.63, 3.8) is 0 Å². The van der Waals surface area contributed by atoms with E-state index in [1.54, 1.807) is 0 Å². The predicted octanol–water partition coefficient (Wildman–Crippen LogP) is 1.13. The van der Waals surface area contributed by atoms with Gasteiger partial charge in [-0.2, -0.15) is 0 Å². The van der Waals surface area contributed by atoms with E-state index in [4.69, 9.17) is 4.42 Å². The molecule has 3 aliphatic rings. The van der Waals surface area contributed by atoms with Crippen molar-refractivity contribution in [1.29, 1.82) is 0 Å². The fourth-order valence-corrected chi connectivity index (χ4v) is 6.15. The number of oxazole rings is 1. The third kappa shape index (κ3) is 4.81. The zero-order valence-electron chi connectivity index (χ0n) is 18.0. The van der Waals surface area contributed by atoms with Gasteiger partial charge in [-0.05, 0) is 57.3 Å². The van der Waals surface area contributed by atoms with Crippen molar-refractivity contribution >= 4 is 40.7 Å². The minimum Gasteiger partial charge on any atom is -0.405 e. The highest BCUT2D eigenvalue weighted by Crippen LogP contribution is 2.25. The zero-order valence-corrected chi connectivity index (χ0v) is 19.7. The second kappa shape index (κ2) is 9.66. The molecule has 8 heteroatoms. The van der Waals surface area contributed by atoms with E-state index in [1.165, 1.54) is 10.1 Å². The van der Waals surface area contributed by atoms with Gasteiger partial charge in [0.05, 0.1) is 10.8 Å². The Kier molecular flexibility index (Phi) is 6.95. The Balaban J connectivity index is 1.74. The van der Waals surface area contributed by atoms with Crippen LogP contribution in [0.25, 0.3) is 12.2 Å². The van der Waals surface area contributed by atoms with Crippen molar-refractivity contribution in [3.05, 3.63) is 44.6 Å². The minimum atomic E-state index is -0.254. The molecule has 30 heavy (non-hydrogen) atoms.